The summed E-state index contributed by atoms with van der Waals surface area (Å²) >= 11 is 0. The summed E-state index contributed by atoms with van der Waals surface area (Å²) in [6.07, 6.45) is 4.39. The second-order valence-electron chi connectivity index (χ2n) is 3.69. The van der Waals surface area contributed by atoms with Crippen LogP contribution in [-0.4, -0.2) is 37.0 Å². The summed E-state index contributed by atoms with van der Waals surface area (Å²) in [6, 6.07) is 0.808. The Hall–Kier alpha value is -0.120. The minimum atomic E-state index is 0.244. The maximum Gasteiger partial charge on any atom is 0.0584 e. The first-order valence-electron chi connectivity index (χ1n) is 5.31. The smallest absolute Gasteiger partial charge is 0.0584 e. The van der Waals surface area contributed by atoms with E-state index in [2.05, 4.69) is 12.2 Å². The zero-order valence-corrected chi connectivity index (χ0v) is 8.46. The third-order valence-electron chi connectivity index (χ3n) is 2.64. The van der Waals surface area contributed by atoms with Gasteiger partial charge in [0.1, 0.15) is 0 Å². The molecule has 0 radical (unpaired) electrons. The molecule has 0 bridgehead atoms. The lowest BCUT2D eigenvalue weighted by molar-refractivity contribution is 0.141. The summed E-state index contributed by atoms with van der Waals surface area (Å²) in [7, 11) is 0. The van der Waals surface area contributed by atoms with Gasteiger partial charge in [-0.2, -0.15) is 0 Å². The van der Waals surface area contributed by atoms with E-state index in [0.29, 0.717) is 6.04 Å². The van der Waals surface area contributed by atoms with Crippen LogP contribution < -0.4 is 5.32 Å². The molecule has 3 nitrogen and oxygen atoms in total. The van der Waals surface area contributed by atoms with Crippen molar-refractivity contribution in [2.45, 2.75) is 44.7 Å². The summed E-state index contributed by atoms with van der Waals surface area (Å²) in [4.78, 5) is 0. The van der Waals surface area contributed by atoms with Crippen molar-refractivity contribution >= 4 is 0 Å². The van der Waals surface area contributed by atoms with Crippen molar-refractivity contribution in [2.75, 3.05) is 19.8 Å². The van der Waals surface area contributed by atoms with E-state index < -0.39 is 0 Å². The zero-order chi connectivity index (χ0) is 9.52. The van der Waals surface area contributed by atoms with Crippen LogP contribution in [0.1, 0.15) is 32.6 Å². The van der Waals surface area contributed by atoms with Gasteiger partial charge in [0.25, 0.3) is 0 Å². The molecule has 1 unspecified atom stereocenters. The number of rotatable bonds is 4. The molecule has 1 aliphatic rings. The average Bonchev–Trinajstić information content (AvgIpc) is 2.42. The molecule has 0 amide bonds. The molecule has 3 heteroatoms. The summed E-state index contributed by atoms with van der Waals surface area (Å²) < 4.78 is 5.37. The Labute approximate surface area is 80.5 Å². The fourth-order valence-electron chi connectivity index (χ4n) is 1.70. The van der Waals surface area contributed by atoms with Crippen LogP contribution in [0.5, 0.6) is 0 Å². The topological polar surface area (TPSA) is 41.5 Å². The normalized spacial score (nSPS) is 26.8. The van der Waals surface area contributed by atoms with E-state index in [9.17, 15) is 0 Å². The van der Waals surface area contributed by atoms with Crippen molar-refractivity contribution in [3.63, 3.8) is 0 Å². The first kappa shape index (κ1) is 11.0. The Morgan fingerprint density at radius 1 is 1.46 bits per heavy atom. The van der Waals surface area contributed by atoms with Crippen LogP contribution in [-0.2, 0) is 4.74 Å². The van der Waals surface area contributed by atoms with E-state index in [0.717, 1.165) is 32.5 Å². The molecule has 0 aromatic rings. The molecular formula is C10H21NO2. The Kier molecular flexibility index (Phi) is 5.35. The Morgan fingerprint density at radius 3 is 3.00 bits per heavy atom. The summed E-state index contributed by atoms with van der Waals surface area (Å²) in [5.74, 6) is 0. The number of nitrogens with one attached hydrogen (secondary N) is 1. The molecule has 1 rings (SSSR count). The molecule has 0 aliphatic carbocycles. The van der Waals surface area contributed by atoms with Gasteiger partial charge in [0.05, 0.1) is 6.61 Å². The number of ether oxygens (including phenoxy) is 1. The minimum Gasteiger partial charge on any atom is -0.395 e. The highest BCUT2D eigenvalue weighted by atomic mass is 16.5. The zero-order valence-electron chi connectivity index (χ0n) is 8.46. The maximum atomic E-state index is 9.03. The lowest BCUT2D eigenvalue weighted by Gasteiger charge is -2.21. The number of hydrogen-bond acceptors (Lipinski definition) is 3. The van der Waals surface area contributed by atoms with Crippen molar-refractivity contribution in [1.82, 2.24) is 5.32 Å². The van der Waals surface area contributed by atoms with Crippen LogP contribution in [0.2, 0.25) is 0 Å². The van der Waals surface area contributed by atoms with E-state index in [1.165, 1.54) is 6.42 Å². The molecule has 0 aromatic carbocycles. The molecule has 1 fully saturated rings. The Balaban J connectivity index is 2.24. The standard InChI is InChI=1S/C10H21NO2/c1-2-9(8-12)11-10-4-3-6-13-7-5-10/h9-12H,2-8H2,1H3/t9-,10?/m0/s1. The summed E-state index contributed by atoms with van der Waals surface area (Å²) in [5, 5.41) is 12.5. The number of aliphatic hydroxyl groups is 1. The van der Waals surface area contributed by atoms with Crippen LogP contribution in [0.4, 0.5) is 0 Å². The molecular weight excluding hydrogens is 166 g/mol. The Bertz CT molecular complexity index is 118. The molecule has 78 valence electrons. The molecule has 2 N–H and O–H groups in total. The monoisotopic (exact) mass is 187 g/mol. The summed E-state index contributed by atoms with van der Waals surface area (Å²) in [5.41, 5.74) is 0. The average molecular weight is 187 g/mol. The van der Waals surface area contributed by atoms with Gasteiger partial charge in [-0.05, 0) is 25.7 Å². The van der Waals surface area contributed by atoms with Gasteiger partial charge in [-0.15, -0.1) is 0 Å². The van der Waals surface area contributed by atoms with Crippen molar-refractivity contribution < 1.29 is 9.84 Å². The largest absolute Gasteiger partial charge is 0.395 e. The molecule has 1 saturated heterocycles. The lowest BCUT2D eigenvalue weighted by atomic mass is 10.1. The maximum absolute atomic E-state index is 9.03. The summed E-state index contributed by atoms with van der Waals surface area (Å²) in [6.45, 7) is 4.10. The number of hydrogen-bond donors (Lipinski definition) is 2. The van der Waals surface area contributed by atoms with Gasteiger partial charge < -0.3 is 15.2 Å². The van der Waals surface area contributed by atoms with Crippen molar-refractivity contribution in [3.05, 3.63) is 0 Å². The van der Waals surface area contributed by atoms with Gasteiger partial charge in [0, 0.05) is 25.3 Å². The fraction of sp³-hybridized carbons (Fsp3) is 1.00. The molecule has 0 aromatic heterocycles. The van der Waals surface area contributed by atoms with Crippen LogP contribution >= 0.6 is 0 Å². The third-order valence-corrected chi connectivity index (χ3v) is 2.64. The van der Waals surface area contributed by atoms with E-state index >= 15 is 0 Å². The van der Waals surface area contributed by atoms with Gasteiger partial charge in [-0.25, -0.2) is 0 Å². The van der Waals surface area contributed by atoms with E-state index in [-0.39, 0.29) is 12.6 Å². The van der Waals surface area contributed by atoms with Crippen LogP contribution in [0.15, 0.2) is 0 Å². The first-order chi connectivity index (χ1) is 6.36. The predicted molar refractivity (Wildman–Crippen MR) is 52.8 cm³/mol. The second-order valence-corrected chi connectivity index (χ2v) is 3.69. The van der Waals surface area contributed by atoms with Gasteiger partial charge >= 0.3 is 0 Å². The molecule has 2 atom stereocenters. The highest BCUT2D eigenvalue weighted by Crippen LogP contribution is 2.09. The Morgan fingerprint density at radius 2 is 2.31 bits per heavy atom. The van der Waals surface area contributed by atoms with Gasteiger partial charge in [0.15, 0.2) is 0 Å². The SMILES string of the molecule is CC[C@@H](CO)NC1CCCOCC1. The van der Waals surface area contributed by atoms with E-state index in [1.807, 2.05) is 0 Å². The van der Waals surface area contributed by atoms with Crippen molar-refractivity contribution in [3.8, 4) is 0 Å². The van der Waals surface area contributed by atoms with Crippen molar-refractivity contribution in [1.29, 1.82) is 0 Å². The second kappa shape index (κ2) is 6.35. The van der Waals surface area contributed by atoms with E-state index in [1.54, 1.807) is 0 Å². The lowest BCUT2D eigenvalue weighted by Crippen LogP contribution is -2.40. The van der Waals surface area contributed by atoms with E-state index in [4.69, 9.17) is 9.84 Å². The quantitative estimate of drug-likeness (QED) is 0.687. The van der Waals surface area contributed by atoms with Gasteiger partial charge in [0.2, 0.25) is 0 Å². The van der Waals surface area contributed by atoms with Crippen LogP contribution in [0.25, 0.3) is 0 Å². The minimum absolute atomic E-state index is 0.244. The van der Waals surface area contributed by atoms with Crippen molar-refractivity contribution in [2.24, 2.45) is 0 Å². The van der Waals surface area contributed by atoms with Crippen LogP contribution in [0.3, 0.4) is 0 Å². The fourth-order valence-corrected chi connectivity index (χ4v) is 1.70. The first-order valence-corrected chi connectivity index (χ1v) is 5.31. The molecule has 1 aliphatic heterocycles. The van der Waals surface area contributed by atoms with Gasteiger partial charge in [-0.1, -0.05) is 6.92 Å². The highest BCUT2D eigenvalue weighted by molar-refractivity contribution is 4.74. The predicted octanol–water partition coefficient (Wildman–Crippen LogP) is 0.916. The van der Waals surface area contributed by atoms with Gasteiger partial charge in [-0.3, -0.25) is 0 Å². The molecule has 0 spiro atoms. The molecule has 0 saturated carbocycles. The van der Waals surface area contributed by atoms with Crippen LogP contribution in [0, 0.1) is 0 Å². The third kappa shape index (κ3) is 4.07. The highest BCUT2D eigenvalue weighted by Gasteiger charge is 2.15. The molecule has 1 heterocycles. The number of aliphatic hydroxyl groups excluding tert-OH is 1. The molecule has 13 heavy (non-hydrogen) atoms.